The zero-order valence-corrected chi connectivity index (χ0v) is 22.9. The van der Waals surface area contributed by atoms with Gasteiger partial charge in [-0.2, -0.15) is 0 Å². The normalized spacial score (nSPS) is 17.6. The van der Waals surface area contributed by atoms with Crippen molar-refractivity contribution >= 4 is 41.5 Å². The number of likely N-dealkylation sites (tertiary alicyclic amines) is 1. The van der Waals surface area contributed by atoms with Crippen molar-refractivity contribution in [2.45, 2.75) is 45.4 Å². The molecule has 1 unspecified atom stereocenters. The molecule has 2 heterocycles. The Bertz CT molecular complexity index is 1010. The Kier molecular flexibility index (Phi) is 9.62. The number of methoxy groups -OCH3 is 1. The molecule has 0 saturated carbocycles. The topological polar surface area (TPSA) is 57.2 Å². The number of amides is 1. The molecule has 1 saturated heterocycles. The second kappa shape index (κ2) is 12.4. The quantitative estimate of drug-likeness (QED) is 0.280. The van der Waals surface area contributed by atoms with E-state index in [9.17, 15) is 4.79 Å². The summed E-state index contributed by atoms with van der Waals surface area (Å²) in [7, 11) is 1.72. The number of rotatable bonds is 8. The molecule has 1 amide bonds. The van der Waals surface area contributed by atoms with Crippen molar-refractivity contribution in [3.8, 4) is 5.75 Å². The van der Waals surface area contributed by atoms with Crippen LogP contribution in [0.2, 0.25) is 0 Å². The third-order valence-electron chi connectivity index (χ3n) is 6.71. The van der Waals surface area contributed by atoms with E-state index in [1.165, 1.54) is 16.8 Å². The minimum absolute atomic E-state index is 0. The second-order valence-corrected chi connectivity index (χ2v) is 8.93. The van der Waals surface area contributed by atoms with E-state index in [4.69, 9.17) is 9.73 Å². The maximum absolute atomic E-state index is 12.1. The van der Waals surface area contributed by atoms with Crippen molar-refractivity contribution in [2.24, 2.45) is 4.99 Å². The SMILES string of the molecule is CCNC(=NCCc1ccc(C)c(OC)c1)N1CC(CCN2CCCC2=O)c2ccccc21.I. The van der Waals surface area contributed by atoms with Gasteiger partial charge in [-0.05, 0) is 61.9 Å². The smallest absolute Gasteiger partial charge is 0.222 e. The monoisotopic (exact) mass is 576 g/mol. The summed E-state index contributed by atoms with van der Waals surface area (Å²) in [4.78, 5) is 21.4. The van der Waals surface area contributed by atoms with Gasteiger partial charge < -0.3 is 19.9 Å². The number of fused-ring (bicyclic) bond motifs is 1. The van der Waals surface area contributed by atoms with Crippen LogP contribution in [0.5, 0.6) is 5.75 Å². The molecule has 1 N–H and O–H groups in total. The van der Waals surface area contributed by atoms with Crippen LogP contribution in [-0.2, 0) is 11.2 Å². The Balaban J connectivity index is 0.00000324. The number of nitrogens with zero attached hydrogens (tertiary/aromatic N) is 3. The van der Waals surface area contributed by atoms with E-state index in [0.29, 0.717) is 24.8 Å². The summed E-state index contributed by atoms with van der Waals surface area (Å²) in [5.41, 5.74) is 4.96. The van der Waals surface area contributed by atoms with Crippen LogP contribution in [-0.4, -0.2) is 56.6 Å². The predicted molar refractivity (Wildman–Crippen MR) is 150 cm³/mol. The van der Waals surface area contributed by atoms with Gasteiger partial charge in [-0.1, -0.05) is 30.3 Å². The number of ether oxygens (including phenoxy) is 1. The van der Waals surface area contributed by atoms with Crippen LogP contribution < -0.4 is 15.0 Å². The second-order valence-electron chi connectivity index (χ2n) is 8.93. The Labute approximate surface area is 220 Å². The largest absolute Gasteiger partial charge is 0.496 e. The lowest BCUT2D eigenvalue weighted by Crippen LogP contribution is -2.41. The Morgan fingerprint density at radius 2 is 2.06 bits per heavy atom. The highest BCUT2D eigenvalue weighted by Gasteiger charge is 2.32. The number of hydrogen-bond donors (Lipinski definition) is 1. The molecular formula is C27H37IN4O2. The third kappa shape index (κ3) is 6.03. The molecule has 2 aromatic carbocycles. The molecule has 0 radical (unpaired) electrons. The van der Waals surface area contributed by atoms with Crippen molar-refractivity contribution in [3.05, 3.63) is 59.2 Å². The van der Waals surface area contributed by atoms with Gasteiger partial charge >= 0.3 is 0 Å². The molecule has 34 heavy (non-hydrogen) atoms. The van der Waals surface area contributed by atoms with Crippen molar-refractivity contribution in [3.63, 3.8) is 0 Å². The molecule has 0 aliphatic carbocycles. The molecule has 184 valence electrons. The number of carbonyl (C=O) groups excluding carboxylic acids is 1. The average molecular weight is 577 g/mol. The molecule has 7 heteroatoms. The van der Waals surface area contributed by atoms with Gasteiger partial charge in [0, 0.05) is 50.7 Å². The number of hydrogen-bond acceptors (Lipinski definition) is 3. The third-order valence-corrected chi connectivity index (χ3v) is 6.71. The molecule has 0 aromatic heterocycles. The first kappa shape index (κ1) is 26.3. The molecule has 1 fully saturated rings. The number of carbonyl (C=O) groups is 1. The van der Waals surface area contributed by atoms with Crippen molar-refractivity contribution < 1.29 is 9.53 Å². The Morgan fingerprint density at radius 3 is 2.79 bits per heavy atom. The van der Waals surface area contributed by atoms with Crippen LogP contribution in [0.4, 0.5) is 5.69 Å². The molecule has 6 nitrogen and oxygen atoms in total. The van der Waals surface area contributed by atoms with Gasteiger partial charge in [-0.15, -0.1) is 24.0 Å². The van der Waals surface area contributed by atoms with Gasteiger partial charge in [0.15, 0.2) is 5.96 Å². The molecule has 4 rings (SSSR count). The number of nitrogens with one attached hydrogen (secondary N) is 1. The highest BCUT2D eigenvalue weighted by molar-refractivity contribution is 14.0. The summed E-state index contributed by atoms with van der Waals surface area (Å²) in [5.74, 6) is 2.57. The van der Waals surface area contributed by atoms with Crippen LogP contribution >= 0.6 is 24.0 Å². The summed E-state index contributed by atoms with van der Waals surface area (Å²) in [6.07, 6.45) is 3.55. The first-order valence-corrected chi connectivity index (χ1v) is 12.2. The Morgan fingerprint density at radius 1 is 1.24 bits per heavy atom. The van der Waals surface area contributed by atoms with Gasteiger partial charge in [0.2, 0.25) is 5.91 Å². The summed E-state index contributed by atoms with van der Waals surface area (Å²) >= 11 is 0. The lowest BCUT2D eigenvalue weighted by Gasteiger charge is -2.23. The lowest BCUT2D eigenvalue weighted by atomic mass is 9.98. The number of halogens is 1. The van der Waals surface area contributed by atoms with E-state index >= 15 is 0 Å². The number of para-hydroxylation sites is 1. The fourth-order valence-corrected chi connectivity index (χ4v) is 4.90. The molecule has 0 spiro atoms. The van der Waals surface area contributed by atoms with Crippen LogP contribution in [0, 0.1) is 6.92 Å². The summed E-state index contributed by atoms with van der Waals surface area (Å²) < 4.78 is 5.47. The van der Waals surface area contributed by atoms with Gasteiger partial charge in [0.1, 0.15) is 5.75 Å². The molecule has 2 aliphatic heterocycles. The zero-order chi connectivity index (χ0) is 23.2. The van der Waals surface area contributed by atoms with E-state index in [2.05, 4.69) is 66.5 Å². The van der Waals surface area contributed by atoms with Crippen LogP contribution in [0.25, 0.3) is 0 Å². The lowest BCUT2D eigenvalue weighted by molar-refractivity contribution is -0.127. The summed E-state index contributed by atoms with van der Waals surface area (Å²) in [5, 5.41) is 3.49. The van der Waals surface area contributed by atoms with E-state index in [0.717, 1.165) is 62.7 Å². The van der Waals surface area contributed by atoms with Gasteiger partial charge in [0.05, 0.1) is 7.11 Å². The Hall–Kier alpha value is -2.29. The summed E-state index contributed by atoms with van der Waals surface area (Å²) in [6, 6.07) is 15.0. The van der Waals surface area contributed by atoms with Crippen molar-refractivity contribution in [1.82, 2.24) is 10.2 Å². The van der Waals surface area contributed by atoms with Crippen molar-refractivity contribution in [2.75, 3.05) is 44.7 Å². The number of anilines is 1. The molecule has 1 atom stereocenters. The van der Waals surface area contributed by atoms with E-state index < -0.39 is 0 Å². The van der Waals surface area contributed by atoms with E-state index in [1.807, 2.05) is 4.90 Å². The fourth-order valence-electron chi connectivity index (χ4n) is 4.90. The van der Waals surface area contributed by atoms with Gasteiger partial charge in [-0.25, -0.2) is 0 Å². The van der Waals surface area contributed by atoms with Crippen molar-refractivity contribution in [1.29, 1.82) is 0 Å². The van der Waals surface area contributed by atoms with E-state index in [-0.39, 0.29) is 24.0 Å². The molecule has 0 bridgehead atoms. The number of aryl methyl sites for hydroxylation is 1. The fraction of sp³-hybridized carbons (Fsp3) is 0.481. The minimum atomic E-state index is 0. The highest BCUT2D eigenvalue weighted by Crippen LogP contribution is 2.38. The average Bonchev–Trinajstić information content (AvgIpc) is 3.41. The highest BCUT2D eigenvalue weighted by atomic mass is 127. The maximum Gasteiger partial charge on any atom is 0.222 e. The number of benzene rings is 2. The first-order valence-electron chi connectivity index (χ1n) is 12.2. The molecule has 2 aliphatic rings. The van der Waals surface area contributed by atoms with Crippen LogP contribution in [0.15, 0.2) is 47.5 Å². The predicted octanol–water partition coefficient (Wildman–Crippen LogP) is 4.75. The maximum atomic E-state index is 12.1. The zero-order valence-electron chi connectivity index (χ0n) is 20.5. The van der Waals surface area contributed by atoms with E-state index in [1.54, 1.807) is 7.11 Å². The van der Waals surface area contributed by atoms with Crippen LogP contribution in [0.3, 0.4) is 0 Å². The number of guanidine groups is 1. The van der Waals surface area contributed by atoms with Gasteiger partial charge in [0.25, 0.3) is 0 Å². The molecule has 2 aromatic rings. The standard InChI is InChI=1S/C27H36N4O2.HI/c1-4-28-27(29-15-13-21-12-11-20(2)25(18-21)33-3)31-19-22(23-8-5-6-9-24(23)31)14-17-30-16-7-10-26(30)32;/h5-6,8-9,11-12,18,22H,4,7,10,13-17,19H2,1-3H3,(H,28,29);1H. The van der Waals surface area contributed by atoms with Crippen LogP contribution in [0.1, 0.15) is 48.8 Å². The first-order chi connectivity index (χ1) is 16.1. The molecular weight excluding hydrogens is 539 g/mol. The summed E-state index contributed by atoms with van der Waals surface area (Å²) in [6.45, 7) is 8.34. The number of aliphatic imine (C=N–C) groups is 1. The minimum Gasteiger partial charge on any atom is -0.496 e. The van der Waals surface area contributed by atoms with Gasteiger partial charge in [-0.3, -0.25) is 9.79 Å².